The molecule has 1 saturated heterocycles. The molecule has 0 aromatic carbocycles. The summed E-state index contributed by atoms with van der Waals surface area (Å²) >= 11 is 0. The number of hydrogen-bond donors (Lipinski definition) is 2. The van der Waals surface area contributed by atoms with Crippen molar-refractivity contribution in [2.45, 2.75) is 122 Å². The Hall–Kier alpha value is -0.120. The number of aliphatic hydroxyl groups is 2. The molecule has 3 heteroatoms. The highest BCUT2D eigenvalue weighted by Gasteiger charge is 2.68. The van der Waals surface area contributed by atoms with Gasteiger partial charge in [0.15, 0.2) is 0 Å². The Balaban J connectivity index is 2.00. The van der Waals surface area contributed by atoms with E-state index in [1.807, 2.05) is 0 Å². The zero-order chi connectivity index (χ0) is 16.3. The lowest BCUT2D eigenvalue weighted by Crippen LogP contribution is -2.25. The molecular weight excluding hydrogens is 276 g/mol. The molecule has 0 spiro atoms. The van der Waals surface area contributed by atoms with Gasteiger partial charge in [-0.3, -0.25) is 0 Å². The van der Waals surface area contributed by atoms with Gasteiger partial charge in [0, 0.05) is 12.8 Å². The van der Waals surface area contributed by atoms with Gasteiger partial charge >= 0.3 is 0 Å². The van der Waals surface area contributed by atoms with Crippen LogP contribution in [0.15, 0.2) is 0 Å². The van der Waals surface area contributed by atoms with Crippen molar-refractivity contribution in [3.8, 4) is 0 Å². The van der Waals surface area contributed by atoms with Gasteiger partial charge in [-0.25, -0.2) is 0 Å². The summed E-state index contributed by atoms with van der Waals surface area (Å²) in [5.41, 5.74) is 0. The van der Waals surface area contributed by atoms with Gasteiger partial charge in [0.1, 0.15) is 0 Å². The number of hydrogen-bond acceptors (Lipinski definition) is 3. The molecule has 1 aliphatic rings. The summed E-state index contributed by atoms with van der Waals surface area (Å²) in [6.45, 7) is 4.44. The smallest absolute Gasteiger partial charge is 0.223 e. The Morgan fingerprint density at radius 3 is 1.23 bits per heavy atom. The maximum absolute atomic E-state index is 10.3. The van der Waals surface area contributed by atoms with Crippen LogP contribution in [0.1, 0.15) is 110 Å². The number of rotatable bonds is 15. The van der Waals surface area contributed by atoms with Crippen LogP contribution in [0, 0.1) is 0 Å². The third kappa shape index (κ3) is 6.97. The first-order valence-electron chi connectivity index (χ1n) is 9.73. The highest BCUT2D eigenvalue weighted by atomic mass is 16.8. The number of unbranched alkanes of at least 4 members (excludes halogenated alkanes) is 11. The topological polar surface area (TPSA) is 53.0 Å². The quantitative estimate of drug-likeness (QED) is 0.319. The van der Waals surface area contributed by atoms with Crippen LogP contribution in [-0.4, -0.2) is 21.8 Å². The Bertz CT molecular complexity index is 282. The van der Waals surface area contributed by atoms with Gasteiger partial charge in [0.2, 0.25) is 11.6 Å². The summed E-state index contributed by atoms with van der Waals surface area (Å²) in [6, 6.07) is 0. The van der Waals surface area contributed by atoms with Crippen molar-refractivity contribution >= 4 is 0 Å². The summed E-state index contributed by atoms with van der Waals surface area (Å²) < 4.78 is 5.28. The Morgan fingerprint density at radius 2 is 0.864 bits per heavy atom. The first kappa shape index (κ1) is 19.9. The van der Waals surface area contributed by atoms with E-state index in [2.05, 4.69) is 13.8 Å². The molecule has 3 nitrogen and oxygen atoms in total. The van der Waals surface area contributed by atoms with Gasteiger partial charge in [0.05, 0.1) is 0 Å². The second kappa shape index (κ2) is 10.6. The minimum atomic E-state index is -1.25. The highest BCUT2D eigenvalue weighted by Crippen LogP contribution is 2.50. The van der Waals surface area contributed by atoms with Gasteiger partial charge in [-0.1, -0.05) is 84.5 Å². The fourth-order valence-electron chi connectivity index (χ4n) is 3.21. The molecular formula is C19H38O3. The molecule has 22 heavy (non-hydrogen) atoms. The van der Waals surface area contributed by atoms with E-state index in [1.165, 1.54) is 57.8 Å². The van der Waals surface area contributed by atoms with E-state index in [0.29, 0.717) is 12.8 Å². The standard InChI is InChI=1S/C19H38O3/c1-3-5-7-9-11-13-15-17-19(21)18(20,22-19)16-14-12-10-8-6-4-2/h20-21H,3-17H2,1-2H3. The van der Waals surface area contributed by atoms with E-state index < -0.39 is 11.6 Å². The van der Waals surface area contributed by atoms with Crippen molar-refractivity contribution in [3.63, 3.8) is 0 Å². The highest BCUT2D eigenvalue weighted by molar-refractivity contribution is 4.99. The van der Waals surface area contributed by atoms with Crippen LogP contribution in [-0.2, 0) is 4.74 Å². The largest absolute Gasteiger partial charge is 0.361 e. The van der Waals surface area contributed by atoms with E-state index in [-0.39, 0.29) is 0 Å². The molecule has 0 aromatic rings. The van der Waals surface area contributed by atoms with Crippen LogP contribution >= 0.6 is 0 Å². The lowest BCUT2D eigenvalue weighted by atomic mass is 9.99. The molecule has 0 aliphatic carbocycles. The molecule has 1 heterocycles. The van der Waals surface area contributed by atoms with Crippen LogP contribution in [0.5, 0.6) is 0 Å². The molecule has 0 radical (unpaired) electrons. The molecule has 0 bridgehead atoms. The van der Waals surface area contributed by atoms with Crippen LogP contribution in [0.3, 0.4) is 0 Å². The van der Waals surface area contributed by atoms with Crippen LogP contribution < -0.4 is 0 Å². The van der Waals surface area contributed by atoms with E-state index in [4.69, 9.17) is 4.74 Å². The minimum absolute atomic E-state index is 0.576. The molecule has 0 aromatic heterocycles. The third-order valence-corrected chi connectivity index (χ3v) is 4.89. The van der Waals surface area contributed by atoms with Gasteiger partial charge in [-0.2, -0.15) is 0 Å². The van der Waals surface area contributed by atoms with E-state index >= 15 is 0 Å². The third-order valence-electron chi connectivity index (χ3n) is 4.89. The predicted molar refractivity (Wildman–Crippen MR) is 91.6 cm³/mol. The number of ether oxygens (including phenoxy) is 1. The number of epoxide rings is 1. The Labute approximate surface area is 137 Å². The minimum Gasteiger partial charge on any atom is -0.361 e. The van der Waals surface area contributed by atoms with E-state index in [1.54, 1.807) is 0 Å². The summed E-state index contributed by atoms with van der Waals surface area (Å²) in [6.07, 6.45) is 16.8. The first-order chi connectivity index (χ1) is 10.6. The summed E-state index contributed by atoms with van der Waals surface area (Å²) in [4.78, 5) is 0. The normalized spacial score (nSPS) is 27.3. The maximum Gasteiger partial charge on any atom is 0.223 e. The van der Waals surface area contributed by atoms with Gasteiger partial charge < -0.3 is 14.9 Å². The van der Waals surface area contributed by atoms with Gasteiger partial charge in [-0.05, 0) is 12.8 Å². The second-order valence-electron chi connectivity index (χ2n) is 7.06. The van der Waals surface area contributed by atoms with Crippen molar-refractivity contribution in [2.24, 2.45) is 0 Å². The lowest BCUT2D eigenvalue weighted by Gasteiger charge is -2.10. The monoisotopic (exact) mass is 314 g/mol. The molecule has 2 atom stereocenters. The van der Waals surface area contributed by atoms with Gasteiger partial charge in [-0.15, -0.1) is 0 Å². The zero-order valence-corrected chi connectivity index (χ0v) is 14.9. The average molecular weight is 315 g/mol. The molecule has 2 unspecified atom stereocenters. The first-order valence-corrected chi connectivity index (χ1v) is 9.73. The molecule has 2 N–H and O–H groups in total. The van der Waals surface area contributed by atoms with Crippen molar-refractivity contribution in [3.05, 3.63) is 0 Å². The second-order valence-corrected chi connectivity index (χ2v) is 7.06. The Morgan fingerprint density at radius 1 is 0.545 bits per heavy atom. The van der Waals surface area contributed by atoms with E-state index in [0.717, 1.165) is 25.7 Å². The fraction of sp³-hybridized carbons (Fsp3) is 1.00. The van der Waals surface area contributed by atoms with Crippen LogP contribution in [0.2, 0.25) is 0 Å². The van der Waals surface area contributed by atoms with Crippen molar-refractivity contribution in [1.82, 2.24) is 0 Å². The summed E-state index contributed by atoms with van der Waals surface area (Å²) in [5, 5.41) is 20.5. The zero-order valence-electron chi connectivity index (χ0n) is 14.9. The molecule has 0 saturated carbocycles. The predicted octanol–water partition coefficient (Wildman–Crippen LogP) is 5.29. The molecule has 132 valence electrons. The molecule has 1 aliphatic heterocycles. The SMILES string of the molecule is CCCCCCCCCC1(O)OC1(O)CCCCCCCC. The summed E-state index contributed by atoms with van der Waals surface area (Å²) in [5.74, 6) is -2.50. The molecule has 1 rings (SSSR count). The van der Waals surface area contributed by atoms with Crippen molar-refractivity contribution in [1.29, 1.82) is 0 Å². The van der Waals surface area contributed by atoms with Crippen LogP contribution in [0.4, 0.5) is 0 Å². The van der Waals surface area contributed by atoms with Crippen LogP contribution in [0.25, 0.3) is 0 Å². The molecule has 1 fully saturated rings. The summed E-state index contributed by atoms with van der Waals surface area (Å²) in [7, 11) is 0. The average Bonchev–Trinajstić information content (AvgIpc) is 3.04. The van der Waals surface area contributed by atoms with E-state index in [9.17, 15) is 10.2 Å². The van der Waals surface area contributed by atoms with Crippen molar-refractivity contribution in [2.75, 3.05) is 0 Å². The Kier molecular flexibility index (Phi) is 9.62. The maximum atomic E-state index is 10.3. The molecule has 0 amide bonds. The fourth-order valence-corrected chi connectivity index (χ4v) is 3.21. The lowest BCUT2D eigenvalue weighted by molar-refractivity contribution is 0.00712. The van der Waals surface area contributed by atoms with Gasteiger partial charge in [0.25, 0.3) is 0 Å². The van der Waals surface area contributed by atoms with Crippen molar-refractivity contribution < 1.29 is 14.9 Å².